The van der Waals surface area contributed by atoms with Crippen LogP contribution in [0, 0.1) is 0 Å². The minimum Gasteiger partial charge on any atom is -0.493 e. The van der Waals surface area contributed by atoms with Crippen molar-refractivity contribution in [1.29, 1.82) is 0 Å². The highest BCUT2D eigenvalue weighted by Gasteiger charge is 2.11. The van der Waals surface area contributed by atoms with Gasteiger partial charge in [0.05, 0.1) is 13.7 Å². The lowest BCUT2D eigenvalue weighted by molar-refractivity contribution is -0.0512. The molecule has 118 valence electrons. The fraction of sp³-hybridized carbons (Fsp3) is 0.500. The van der Waals surface area contributed by atoms with Crippen molar-refractivity contribution in [3.05, 3.63) is 23.8 Å². The summed E-state index contributed by atoms with van der Waals surface area (Å²) in [6.45, 7) is 2.88. The Labute approximate surface area is 123 Å². The van der Waals surface area contributed by atoms with Gasteiger partial charge < -0.3 is 20.1 Å². The molecule has 0 aliphatic carbocycles. The van der Waals surface area contributed by atoms with Gasteiger partial charge in [-0.3, -0.25) is 0 Å². The lowest BCUT2D eigenvalue weighted by Gasteiger charge is -2.12. The van der Waals surface area contributed by atoms with Crippen LogP contribution in [0.2, 0.25) is 0 Å². The first-order valence-electron chi connectivity index (χ1n) is 6.74. The molecule has 0 aliphatic heterocycles. The molecule has 2 N–H and O–H groups in total. The average molecular weight is 301 g/mol. The van der Waals surface area contributed by atoms with Crippen LogP contribution < -0.4 is 20.1 Å². The molecular weight excluding hydrogens is 280 g/mol. The Hall–Kier alpha value is -2.05. The van der Waals surface area contributed by atoms with Gasteiger partial charge in [0, 0.05) is 13.1 Å². The van der Waals surface area contributed by atoms with Crippen LogP contribution in [-0.4, -0.2) is 32.8 Å². The minimum atomic E-state index is -2.89. The van der Waals surface area contributed by atoms with Crippen molar-refractivity contribution in [3.63, 3.8) is 0 Å². The van der Waals surface area contributed by atoms with Gasteiger partial charge in [0.2, 0.25) is 0 Å². The van der Waals surface area contributed by atoms with Crippen molar-refractivity contribution in [1.82, 2.24) is 10.6 Å². The second-order valence-corrected chi connectivity index (χ2v) is 4.09. The van der Waals surface area contributed by atoms with Gasteiger partial charge in [-0.2, -0.15) is 8.78 Å². The Bertz CT molecular complexity index is 460. The highest BCUT2D eigenvalue weighted by molar-refractivity contribution is 5.79. The predicted octanol–water partition coefficient (Wildman–Crippen LogP) is 2.37. The zero-order valence-corrected chi connectivity index (χ0v) is 12.5. The number of benzene rings is 1. The number of aliphatic imine (C=N–C) groups is 1. The lowest BCUT2D eigenvalue weighted by Crippen LogP contribution is -2.36. The van der Waals surface area contributed by atoms with Crippen LogP contribution in [-0.2, 0) is 6.54 Å². The van der Waals surface area contributed by atoms with Gasteiger partial charge >= 0.3 is 6.61 Å². The molecule has 7 heteroatoms. The fourth-order valence-electron chi connectivity index (χ4n) is 1.69. The molecule has 1 aromatic carbocycles. The number of hydrogen-bond donors (Lipinski definition) is 2. The summed E-state index contributed by atoms with van der Waals surface area (Å²) in [7, 11) is 1.40. The van der Waals surface area contributed by atoms with Crippen molar-refractivity contribution in [2.45, 2.75) is 27.0 Å². The van der Waals surface area contributed by atoms with Crippen LogP contribution in [0.5, 0.6) is 11.5 Å². The molecule has 0 atom stereocenters. The number of hydrogen-bond acceptors (Lipinski definition) is 3. The van der Waals surface area contributed by atoms with Crippen LogP contribution in [0.4, 0.5) is 8.78 Å². The van der Waals surface area contributed by atoms with Gasteiger partial charge in [-0.1, -0.05) is 6.07 Å². The van der Waals surface area contributed by atoms with Gasteiger partial charge in [0.15, 0.2) is 17.5 Å². The van der Waals surface area contributed by atoms with Crippen LogP contribution in [0.1, 0.15) is 19.4 Å². The number of alkyl halides is 2. The van der Waals surface area contributed by atoms with E-state index in [1.807, 2.05) is 13.8 Å². The first kappa shape index (κ1) is 17.0. The summed E-state index contributed by atoms with van der Waals surface area (Å²) >= 11 is 0. The molecule has 0 heterocycles. The normalized spacial score (nSPS) is 10.2. The van der Waals surface area contributed by atoms with Crippen molar-refractivity contribution >= 4 is 5.96 Å². The Morgan fingerprint density at radius 1 is 1.19 bits per heavy atom. The summed E-state index contributed by atoms with van der Waals surface area (Å²) in [5.74, 6) is 0.947. The molecule has 0 amide bonds. The zero-order valence-electron chi connectivity index (χ0n) is 12.5. The molecule has 1 aromatic rings. The van der Waals surface area contributed by atoms with Crippen molar-refractivity contribution in [2.75, 3.05) is 20.2 Å². The number of ether oxygens (including phenoxy) is 2. The third kappa shape index (κ3) is 5.85. The van der Waals surface area contributed by atoms with E-state index in [2.05, 4.69) is 20.4 Å². The maximum Gasteiger partial charge on any atom is 0.387 e. The van der Waals surface area contributed by atoms with E-state index in [0.717, 1.165) is 18.7 Å². The predicted molar refractivity (Wildman–Crippen MR) is 78.1 cm³/mol. The fourth-order valence-corrected chi connectivity index (χ4v) is 1.69. The monoisotopic (exact) mass is 301 g/mol. The summed E-state index contributed by atoms with van der Waals surface area (Å²) in [5.41, 5.74) is 0.750. The smallest absolute Gasteiger partial charge is 0.387 e. The minimum absolute atomic E-state index is 0.00801. The van der Waals surface area contributed by atoms with E-state index in [1.165, 1.54) is 13.2 Å². The summed E-state index contributed by atoms with van der Waals surface area (Å²) in [6.07, 6.45) is 0. The Balaban J connectivity index is 2.85. The molecule has 0 spiro atoms. The third-order valence-corrected chi connectivity index (χ3v) is 2.55. The summed E-state index contributed by atoms with van der Waals surface area (Å²) in [5, 5.41) is 6.17. The Morgan fingerprint density at radius 3 is 2.38 bits per heavy atom. The number of halogens is 2. The largest absolute Gasteiger partial charge is 0.493 e. The Morgan fingerprint density at radius 2 is 1.86 bits per heavy atom. The number of nitrogens with one attached hydrogen (secondary N) is 2. The van der Waals surface area contributed by atoms with Crippen LogP contribution >= 0.6 is 0 Å². The van der Waals surface area contributed by atoms with Gasteiger partial charge in [-0.05, 0) is 31.5 Å². The van der Waals surface area contributed by atoms with E-state index in [9.17, 15) is 8.78 Å². The van der Waals surface area contributed by atoms with Crippen LogP contribution in [0.3, 0.4) is 0 Å². The molecule has 5 nitrogen and oxygen atoms in total. The van der Waals surface area contributed by atoms with E-state index in [-0.39, 0.29) is 11.5 Å². The summed E-state index contributed by atoms with van der Waals surface area (Å²) in [6, 6.07) is 4.85. The van der Waals surface area contributed by atoms with E-state index >= 15 is 0 Å². The van der Waals surface area contributed by atoms with Crippen molar-refractivity contribution < 1.29 is 18.3 Å². The molecule has 0 saturated carbocycles. The molecule has 1 rings (SSSR count). The number of guanidine groups is 1. The molecule has 0 radical (unpaired) electrons. The number of nitrogens with zero attached hydrogens (tertiary/aromatic N) is 1. The van der Waals surface area contributed by atoms with E-state index in [1.54, 1.807) is 12.1 Å². The van der Waals surface area contributed by atoms with Gasteiger partial charge in [-0.25, -0.2) is 4.99 Å². The number of methoxy groups -OCH3 is 1. The maximum atomic E-state index is 12.4. The Kier molecular flexibility index (Phi) is 7.28. The summed E-state index contributed by atoms with van der Waals surface area (Å²) < 4.78 is 34.1. The van der Waals surface area contributed by atoms with Crippen molar-refractivity contribution in [2.24, 2.45) is 4.99 Å². The SMILES string of the molecule is CCNC(=NCc1ccc(OC)c(OC(F)F)c1)NCC. The second kappa shape index (κ2) is 8.99. The van der Waals surface area contributed by atoms with Gasteiger partial charge in [0.1, 0.15) is 0 Å². The first-order valence-corrected chi connectivity index (χ1v) is 6.74. The number of rotatable bonds is 7. The molecular formula is C14H21F2N3O2. The lowest BCUT2D eigenvalue weighted by atomic mass is 10.2. The summed E-state index contributed by atoms with van der Waals surface area (Å²) in [4.78, 5) is 4.36. The highest BCUT2D eigenvalue weighted by Crippen LogP contribution is 2.29. The standard InChI is InChI=1S/C14H21F2N3O2/c1-4-17-14(18-5-2)19-9-10-6-7-11(20-3)12(8-10)21-13(15)16/h6-8,13H,4-5,9H2,1-3H3,(H2,17,18,19). The average Bonchev–Trinajstić information content (AvgIpc) is 2.45. The third-order valence-electron chi connectivity index (χ3n) is 2.55. The molecule has 0 saturated heterocycles. The van der Waals surface area contributed by atoms with Crippen LogP contribution in [0.25, 0.3) is 0 Å². The molecule has 0 aromatic heterocycles. The second-order valence-electron chi connectivity index (χ2n) is 4.09. The maximum absolute atomic E-state index is 12.4. The zero-order chi connectivity index (χ0) is 15.7. The highest BCUT2D eigenvalue weighted by atomic mass is 19.3. The van der Waals surface area contributed by atoms with Gasteiger partial charge in [0.25, 0.3) is 0 Å². The van der Waals surface area contributed by atoms with E-state index in [4.69, 9.17) is 4.74 Å². The van der Waals surface area contributed by atoms with Crippen LogP contribution in [0.15, 0.2) is 23.2 Å². The molecule has 0 unspecified atom stereocenters. The topological polar surface area (TPSA) is 54.9 Å². The first-order chi connectivity index (χ1) is 10.1. The molecule has 21 heavy (non-hydrogen) atoms. The molecule has 0 aliphatic rings. The molecule has 0 bridgehead atoms. The van der Waals surface area contributed by atoms with E-state index < -0.39 is 6.61 Å². The van der Waals surface area contributed by atoms with Crippen molar-refractivity contribution in [3.8, 4) is 11.5 Å². The van der Waals surface area contributed by atoms with Gasteiger partial charge in [-0.15, -0.1) is 0 Å². The van der Waals surface area contributed by atoms with E-state index in [0.29, 0.717) is 12.5 Å². The quantitative estimate of drug-likeness (QED) is 0.600. The molecule has 0 fully saturated rings.